The summed E-state index contributed by atoms with van der Waals surface area (Å²) in [5.41, 5.74) is 1.24. The Hall–Kier alpha value is -1.73. The molecule has 128 valence electrons. The van der Waals surface area contributed by atoms with E-state index in [0.717, 1.165) is 12.8 Å². The Kier molecular flexibility index (Phi) is 3.92. The zero-order chi connectivity index (χ0) is 16.7. The van der Waals surface area contributed by atoms with Gasteiger partial charge in [0, 0.05) is 38.7 Å². The van der Waals surface area contributed by atoms with Gasteiger partial charge in [-0.3, -0.25) is 4.98 Å². The van der Waals surface area contributed by atoms with Crippen LogP contribution in [0.2, 0.25) is 0 Å². The highest BCUT2D eigenvalue weighted by Gasteiger charge is 2.46. The smallest absolute Gasteiger partial charge is 0.262 e. The molecule has 7 heteroatoms. The van der Waals surface area contributed by atoms with E-state index >= 15 is 0 Å². The molecule has 0 amide bonds. The third kappa shape index (κ3) is 2.75. The molecule has 1 aliphatic heterocycles. The summed E-state index contributed by atoms with van der Waals surface area (Å²) in [5.74, 6) is 1.47. The largest absolute Gasteiger partial charge is 0.339 e. The Bertz CT molecular complexity index is 818. The number of imidazole rings is 1. The molecule has 1 saturated carbocycles. The number of sulfonamides is 1. The van der Waals surface area contributed by atoms with E-state index in [2.05, 4.69) is 16.0 Å². The summed E-state index contributed by atoms with van der Waals surface area (Å²) in [5, 5.41) is 0.161. The number of pyridine rings is 1. The molecular weight excluding hydrogens is 324 g/mol. The van der Waals surface area contributed by atoms with Crippen LogP contribution in [-0.2, 0) is 23.5 Å². The molecule has 4 rings (SSSR count). The molecule has 0 bridgehead atoms. The highest BCUT2D eigenvalue weighted by molar-refractivity contribution is 7.89. The van der Waals surface area contributed by atoms with Crippen molar-refractivity contribution in [3.63, 3.8) is 0 Å². The number of hydrogen-bond acceptors (Lipinski definition) is 4. The van der Waals surface area contributed by atoms with Crippen LogP contribution in [0.3, 0.4) is 0 Å². The average molecular weight is 346 g/mol. The summed E-state index contributed by atoms with van der Waals surface area (Å²) in [7, 11) is -1.68. The van der Waals surface area contributed by atoms with Gasteiger partial charge in [0.1, 0.15) is 0 Å². The molecule has 1 aliphatic carbocycles. The SMILES string of the molecule is Cn1cnc(S(=O)(=O)N2C[C@H]3CC[C@H](Cc4cccnc4)[C@H]3C2)c1. The van der Waals surface area contributed by atoms with Gasteiger partial charge in [0.05, 0.1) is 6.33 Å². The van der Waals surface area contributed by atoms with Crippen molar-refractivity contribution in [3.8, 4) is 0 Å². The summed E-state index contributed by atoms with van der Waals surface area (Å²) in [4.78, 5) is 8.23. The van der Waals surface area contributed by atoms with Crippen molar-refractivity contribution in [2.24, 2.45) is 24.8 Å². The van der Waals surface area contributed by atoms with E-state index in [1.54, 1.807) is 28.3 Å². The van der Waals surface area contributed by atoms with Crippen molar-refractivity contribution in [2.45, 2.75) is 24.3 Å². The molecule has 1 saturated heterocycles. The van der Waals surface area contributed by atoms with Crippen molar-refractivity contribution >= 4 is 10.0 Å². The van der Waals surface area contributed by atoms with Crippen LogP contribution in [-0.4, -0.2) is 40.3 Å². The topological polar surface area (TPSA) is 68.1 Å². The van der Waals surface area contributed by atoms with Crippen molar-refractivity contribution in [1.29, 1.82) is 0 Å². The van der Waals surface area contributed by atoms with Crippen molar-refractivity contribution < 1.29 is 8.42 Å². The highest BCUT2D eigenvalue weighted by Crippen LogP contribution is 2.44. The fraction of sp³-hybridized carbons (Fsp3) is 0.529. The molecule has 0 aromatic carbocycles. The number of nitrogens with zero attached hydrogens (tertiary/aromatic N) is 4. The third-order valence-electron chi connectivity index (χ3n) is 5.48. The second-order valence-electron chi connectivity index (χ2n) is 7.03. The minimum absolute atomic E-state index is 0.161. The lowest BCUT2D eigenvalue weighted by Crippen LogP contribution is -2.31. The number of hydrogen-bond donors (Lipinski definition) is 0. The van der Waals surface area contributed by atoms with Crippen LogP contribution in [0.15, 0.2) is 42.1 Å². The maximum absolute atomic E-state index is 12.8. The molecule has 2 fully saturated rings. The minimum atomic E-state index is -3.47. The van der Waals surface area contributed by atoms with Crippen LogP contribution >= 0.6 is 0 Å². The van der Waals surface area contributed by atoms with Crippen LogP contribution in [0.25, 0.3) is 0 Å². The van der Waals surface area contributed by atoms with E-state index < -0.39 is 10.0 Å². The van der Waals surface area contributed by atoms with Gasteiger partial charge in [-0.2, -0.15) is 4.31 Å². The number of fused-ring (bicyclic) bond motifs is 1. The molecule has 2 aliphatic rings. The molecule has 3 heterocycles. The fourth-order valence-corrected chi connectivity index (χ4v) is 5.76. The van der Waals surface area contributed by atoms with E-state index in [1.165, 1.54) is 18.3 Å². The van der Waals surface area contributed by atoms with E-state index in [-0.39, 0.29) is 5.03 Å². The summed E-state index contributed by atoms with van der Waals surface area (Å²) in [6.45, 7) is 1.25. The third-order valence-corrected chi connectivity index (χ3v) is 7.20. The monoisotopic (exact) mass is 346 g/mol. The Morgan fingerprint density at radius 2 is 2.17 bits per heavy atom. The first-order valence-corrected chi connectivity index (χ1v) is 9.85. The van der Waals surface area contributed by atoms with Crippen molar-refractivity contribution in [1.82, 2.24) is 18.8 Å². The number of rotatable bonds is 4. The summed E-state index contributed by atoms with van der Waals surface area (Å²) < 4.78 is 28.9. The maximum Gasteiger partial charge on any atom is 0.262 e. The van der Waals surface area contributed by atoms with Gasteiger partial charge >= 0.3 is 0 Å². The number of aryl methyl sites for hydroxylation is 1. The van der Waals surface area contributed by atoms with Crippen LogP contribution in [0.1, 0.15) is 18.4 Å². The fourth-order valence-electron chi connectivity index (χ4n) is 4.26. The summed E-state index contributed by atoms with van der Waals surface area (Å²) >= 11 is 0. The molecule has 2 aromatic rings. The van der Waals surface area contributed by atoms with Gasteiger partial charge < -0.3 is 4.57 Å². The Balaban J connectivity index is 1.50. The van der Waals surface area contributed by atoms with Gasteiger partial charge in [-0.05, 0) is 48.6 Å². The first-order chi connectivity index (χ1) is 11.5. The van der Waals surface area contributed by atoms with Gasteiger partial charge in [0.25, 0.3) is 10.0 Å². The van der Waals surface area contributed by atoms with E-state index in [1.807, 2.05) is 12.3 Å². The first-order valence-electron chi connectivity index (χ1n) is 8.41. The van der Waals surface area contributed by atoms with Crippen LogP contribution < -0.4 is 0 Å². The molecule has 6 nitrogen and oxygen atoms in total. The summed E-state index contributed by atoms with van der Waals surface area (Å²) in [6, 6.07) is 4.08. The van der Waals surface area contributed by atoms with Crippen molar-refractivity contribution in [2.75, 3.05) is 13.1 Å². The molecule has 2 aromatic heterocycles. The summed E-state index contributed by atoms with van der Waals surface area (Å²) in [6.07, 6.45) is 10.1. The van der Waals surface area contributed by atoms with Gasteiger partial charge in [0.15, 0.2) is 5.03 Å². The quantitative estimate of drug-likeness (QED) is 0.845. The second-order valence-corrected chi connectivity index (χ2v) is 8.91. The zero-order valence-corrected chi connectivity index (χ0v) is 14.6. The normalized spacial score (nSPS) is 27.5. The predicted molar refractivity (Wildman–Crippen MR) is 89.6 cm³/mol. The maximum atomic E-state index is 12.8. The molecule has 24 heavy (non-hydrogen) atoms. The first kappa shape index (κ1) is 15.8. The molecule has 0 radical (unpaired) electrons. The minimum Gasteiger partial charge on any atom is -0.339 e. The van der Waals surface area contributed by atoms with Crippen molar-refractivity contribution in [3.05, 3.63) is 42.6 Å². The van der Waals surface area contributed by atoms with Gasteiger partial charge in [-0.25, -0.2) is 13.4 Å². The lowest BCUT2D eigenvalue weighted by atomic mass is 9.88. The molecule has 3 atom stereocenters. The molecule has 0 unspecified atom stereocenters. The van der Waals surface area contributed by atoms with E-state index in [0.29, 0.717) is 30.8 Å². The Morgan fingerprint density at radius 1 is 1.29 bits per heavy atom. The molecule has 0 N–H and O–H groups in total. The number of aromatic nitrogens is 3. The van der Waals surface area contributed by atoms with Gasteiger partial charge in [0.2, 0.25) is 0 Å². The second kappa shape index (κ2) is 5.97. The standard InChI is InChI=1S/C17H22N4O2S/c1-20-11-17(19-12-20)24(22,23)21-9-15-5-4-14(16(15)10-21)7-13-3-2-6-18-8-13/h2-3,6,8,11-12,14-16H,4-5,7,9-10H2,1H3/t14-,15-,16-/m1/s1. The van der Waals surface area contributed by atoms with E-state index in [4.69, 9.17) is 0 Å². The van der Waals surface area contributed by atoms with Gasteiger partial charge in [-0.1, -0.05) is 6.07 Å². The van der Waals surface area contributed by atoms with Crippen LogP contribution in [0.4, 0.5) is 0 Å². The Labute approximate surface area is 142 Å². The zero-order valence-electron chi connectivity index (χ0n) is 13.7. The van der Waals surface area contributed by atoms with Crippen LogP contribution in [0, 0.1) is 17.8 Å². The molecule has 0 spiro atoms. The Morgan fingerprint density at radius 3 is 2.88 bits per heavy atom. The lowest BCUT2D eigenvalue weighted by molar-refractivity contribution is 0.358. The highest BCUT2D eigenvalue weighted by atomic mass is 32.2. The van der Waals surface area contributed by atoms with E-state index in [9.17, 15) is 8.42 Å². The predicted octanol–water partition coefficient (Wildman–Crippen LogP) is 1.70. The van der Waals surface area contributed by atoms with Gasteiger partial charge in [-0.15, -0.1) is 0 Å². The molecular formula is C17H22N4O2S. The lowest BCUT2D eigenvalue weighted by Gasteiger charge is -2.20. The van der Waals surface area contributed by atoms with Crippen LogP contribution in [0.5, 0.6) is 0 Å². The average Bonchev–Trinajstić information content (AvgIpc) is 3.26.